The fraction of sp³-hybridized carbons (Fsp3) is 0.562. The Bertz CT molecular complexity index is 432. The highest BCUT2D eigenvalue weighted by molar-refractivity contribution is 5.89. The van der Waals surface area contributed by atoms with Crippen molar-refractivity contribution in [3.8, 4) is 0 Å². The molecule has 0 saturated heterocycles. The van der Waals surface area contributed by atoms with Gasteiger partial charge in [0.25, 0.3) is 0 Å². The maximum Gasteiger partial charge on any atom is 0.356 e. The summed E-state index contributed by atoms with van der Waals surface area (Å²) in [6, 6.07) is 6.00. The zero-order chi connectivity index (χ0) is 14.8. The summed E-state index contributed by atoms with van der Waals surface area (Å²) in [5.41, 5.74) is 5.30. The number of hydrogen-bond acceptors (Lipinski definition) is 3. The van der Waals surface area contributed by atoms with Crippen LogP contribution < -0.4 is 5.48 Å². The number of hydrogen-bond donors (Lipinski definition) is 1. The van der Waals surface area contributed by atoms with Gasteiger partial charge < -0.3 is 4.84 Å². The highest BCUT2D eigenvalue weighted by atomic mass is 16.7. The van der Waals surface area contributed by atoms with E-state index in [1.54, 1.807) is 7.05 Å². The molecule has 0 fully saturated rings. The Morgan fingerprint density at radius 3 is 1.68 bits per heavy atom. The molecule has 0 heterocycles. The van der Waals surface area contributed by atoms with Crippen molar-refractivity contribution >= 4 is 5.97 Å². The maximum absolute atomic E-state index is 11.9. The van der Waals surface area contributed by atoms with Gasteiger partial charge in [-0.3, -0.25) is 0 Å². The molecule has 19 heavy (non-hydrogen) atoms. The second-order valence-electron chi connectivity index (χ2n) is 6.89. The molecule has 3 nitrogen and oxygen atoms in total. The van der Waals surface area contributed by atoms with Gasteiger partial charge in [-0.1, -0.05) is 47.6 Å². The van der Waals surface area contributed by atoms with Gasteiger partial charge in [-0.2, -0.15) is 5.48 Å². The van der Waals surface area contributed by atoms with Crippen LogP contribution in [0.3, 0.4) is 0 Å². The minimum absolute atomic E-state index is 0.00403. The number of carbonyl (C=O) groups is 1. The molecule has 3 heteroatoms. The van der Waals surface area contributed by atoms with Gasteiger partial charge in [0, 0.05) is 7.05 Å². The molecule has 1 N–H and O–H groups in total. The summed E-state index contributed by atoms with van der Waals surface area (Å²) >= 11 is 0. The molecule has 0 spiro atoms. The normalized spacial score (nSPS) is 12.4. The van der Waals surface area contributed by atoms with Gasteiger partial charge in [-0.25, -0.2) is 4.79 Å². The Kier molecular flexibility index (Phi) is 4.41. The summed E-state index contributed by atoms with van der Waals surface area (Å²) in [7, 11) is 1.58. The van der Waals surface area contributed by atoms with Gasteiger partial charge in [-0.15, -0.1) is 0 Å². The van der Waals surface area contributed by atoms with E-state index in [1.165, 1.54) is 0 Å². The molecule has 1 aromatic carbocycles. The summed E-state index contributed by atoms with van der Waals surface area (Å²) in [5.74, 6) is -0.348. The lowest BCUT2D eigenvalue weighted by Crippen LogP contribution is -2.20. The van der Waals surface area contributed by atoms with E-state index >= 15 is 0 Å². The van der Waals surface area contributed by atoms with Crippen LogP contribution in [0.15, 0.2) is 18.2 Å². The second-order valence-corrected chi connectivity index (χ2v) is 6.89. The van der Waals surface area contributed by atoms with Crippen LogP contribution in [-0.4, -0.2) is 13.0 Å². The van der Waals surface area contributed by atoms with Crippen LogP contribution in [0.5, 0.6) is 0 Å². The first-order chi connectivity index (χ1) is 8.55. The van der Waals surface area contributed by atoms with E-state index in [1.807, 2.05) is 12.1 Å². The van der Waals surface area contributed by atoms with Crippen LogP contribution in [0.1, 0.15) is 63.0 Å². The quantitative estimate of drug-likeness (QED) is 0.829. The first kappa shape index (κ1) is 15.7. The number of carbonyl (C=O) groups excluding carboxylic acids is 1. The second kappa shape index (κ2) is 5.33. The molecule has 0 unspecified atom stereocenters. The van der Waals surface area contributed by atoms with Crippen molar-refractivity contribution in [1.29, 1.82) is 0 Å². The van der Waals surface area contributed by atoms with E-state index in [0.717, 1.165) is 11.1 Å². The lowest BCUT2D eigenvalue weighted by molar-refractivity contribution is 0.0309. The first-order valence-electron chi connectivity index (χ1n) is 6.59. The van der Waals surface area contributed by atoms with E-state index < -0.39 is 0 Å². The van der Waals surface area contributed by atoms with Crippen molar-refractivity contribution in [3.63, 3.8) is 0 Å². The molecular formula is C16H25NO2. The molecular weight excluding hydrogens is 238 g/mol. The third-order valence-corrected chi connectivity index (χ3v) is 3.10. The standard InChI is InChI=1S/C16H25NO2/c1-15(2,3)12-8-11(14(18)19-17-7)9-13(10-12)16(4,5)6/h8-10,17H,1-7H3. The monoisotopic (exact) mass is 263 g/mol. The Morgan fingerprint density at radius 2 is 1.37 bits per heavy atom. The third kappa shape index (κ3) is 4.06. The summed E-state index contributed by atoms with van der Waals surface area (Å²) in [5, 5.41) is 0. The van der Waals surface area contributed by atoms with Crippen molar-refractivity contribution in [1.82, 2.24) is 5.48 Å². The van der Waals surface area contributed by atoms with Gasteiger partial charge in [0.05, 0.1) is 5.56 Å². The summed E-state index contributed by atoms with van der Waals surface area (Å²) in [4.78, 5) is 16.8. The SMILES string of the molecule is CNOC(=O)c1cc(C(C)(C)C)cc(C(C)(C)C)c1. The van der Waals surface area contributed by atoms with Gasteiger partial charge >= 0.3 is 5.97 Å². The molecule has 0 bridgehead atoms. The number of rotatable bonds is 2. The largest absolute Gasteiger partial charge is 0.367 e. The predicted molar refractivity (Wildman–Crippen MR) is 78.3 cm³/mol. The average Bonchev–Trinajstić information content (AvgIpc) is 2.26. The Morgan fingerprint density at radius 1 is 0.947 bits per heavy atom. The van der Waals surface area contributed by atoms with Crippen LogP contribution in [0.4, 0.5) is 0 Å². The van der Waals surface area contributed by atoms with E-state index in [-0.39, 0.29) is 16.8 Å². The lowest BCUT2D eigenvalue weighted by Gasteiger charge is -2.25. The van der Waals surface area contributed by atoms with Crippen LogP contribution in [0, 0.1) is 0 Å². The Labute approximate surface area is 116 Å². The molecule has 1 aromatic rings. The van der Waals surface area contributed by atoms with E-state index in [4.69, 9.17) is 4.84 Å². The van der Waals surface area contributed by atoms with E-state index in [9.17, 15) is 4.79 Å². The molecule has 0 amide bonds. The van der Waals surface area contributed by atoms with Crippen molar-refractivity contribution in [2.45, 2.75) is 52.4 Å². The highest BCUT2D eigenvalue weighted by Gasteiger charge is 2.22. The average molecular weight is 263 g/mol. The lowest BCUT2D eigenvalue weighted by atomic mass is 9.79. The van der Waals surface area contributed by atoms with Crippen LogP contribution in [-0.2, 0) is 15.7 Å². The predicted octanol–water partition coefficient (Wildman–Crippen LogP) is 3.57. The smallest absolute Gasteiger partial charge is 0.356 e. The van der Waals surface area contributed by atoms with E-state index in [2.05, 4.69) is 53.1 Å². The van der Waals surface area contributed by atoms with Crippen LogP contribution in [0.2, 0.25) is 0 Å². The summed E-state index contributed by atoms with van der Waals surface area (Å²) in [6.07, 6.45) is 0. The van der Waals surface area contributed by atoms with Crippen molar-refractivity contribution in [3.05, 3.63) is 34.9 Å². The van der Waals surface area contributed by atoms with Crippen molar-refractivity contribution in [2.75, 3.05) is 7.05 Å². The zero-order valence-corrected chi connectivity index (χ0v) is 13.0. The topological polar surface area (TPSA) is 38.3 Å². The molecule has 1 rings (SSSR count). The van der Waals surface area contributed by atoms with Crippen molar-refractivity contribution < 1.29 is 9.63 Å². The fourth-order valence-electron chi connectivity index (χ4n) is 1.76. The number of nitrogens with one attached hydrogen (secondary N) is 1. The third-order valence-electron chi connectivity index (χ3n) is 3.10. The van der Waals surface area contributed by atoms with Crippen LogP contribution >= 0.6 is 0 Å². The van der Waals surface area contributed by atoms with E-state index in [0.29, 0.717) is 5.56 Å². The van der Waals surface area contributed by atoms with Gasteiger partial charge in [0.1, 0.15) is 0 Å². The van der Waals surface area contributed by atoms with Gasteiger partial charge in [0.15, 0.2) is 0 Å². The molecule has 0 aliphatic heterocycles. The highest BCUT2D eigenvalue weighted by Crippen LogP contribution is 2.30. The molecule has 0 saturated carbocycles. The molecule has 106 valence electrons. The molecule has 0 atom stereocenters. The van der Waals surface area contributed by atoms with Crippen LogP contribution in [0.25, 0.3) is 0 Å². The Balaban J connectivity index is 3.37. The van der Waals surface area contributed by atoms with Gasteiger partial charge in [0.2, 0.25) is 0 Å². The summed E-state index contributed by atoms with van der Waals surface area (Å²) < 4.78 is 0. The molecule has 0 aromatic heterocycles. The molecule has 0 radical (unpaired) electrons. The fourth-order valence-corrected chi connectivity index (χ4v) is 1.76. The number of hydroxylamine groups is 1. The van der Waals surface area contributed by atoms with Gasteiger partial charge in [-0.05, 0) is 34.1 Å². The Hall–Kier alpha value is -1.35. The van der Waals surface area contributed by atoms with Crippen molar-refractivity contribution in [2.24, 2.45) is 0 Å². The molecule has 0 aliphatic rings. The maximum atomic E-state index is 11.9. The minimum Gasteiger partial charge on any atom is -0.367 e. The molecule has 0 aliphatic carbocycles. The minimum atomic E-state index is -0.348. The summed E-state index contributed by atoms with van der Waals surface area (Å²) in [6.45, 7) is 12.8. The number of benzene rings is 1. The first-order valence-corrected chi connectivity index (χ1v) is 6.59. The zero-order valence-electron chi connectivity index (χ0n) is 13.0.